The van der Waals surface area contributed by atoms with Crippen molar-refractivity contribution in [1.82, 2.24) is 10.2 Å². The lowest BCUT2D eigenvalue weighted by Gasteiger charge is -2.28. The number of carbonyl (C=O) groups excluding carboxylic acids is 2. The van der Waals surface area contributed by atoms with Gasteiger partial charge < -0.3 is 19.7 Å². The molecule has 9 heteroatoms. The Balaban J connectivity index is 1.34. The first-order valence-electron chi connectivity index (χ1n) is 10.4. The Labute approximate surface area is 184 Å². The van der Waals surface area contributed by atoms with Gasteiger partial charge in [-0.15, -0.1) is 0 Å². The van der Waals surface area contributed by atoms with E-state index in [1.165, 1.54) is 6.92 Å². The van der Waals surface area contributed by atoms with E-state index in [9.17, 15) is 14.4 Å². The molecule has 1 fully saturated rings. The molecule has 2 N–H and O–H groups in total. The number of esters is 1. The number of rotatable bonds is 6. The summed E-state index contributed by atoms with van der Waals surface area (Å²) in [5.74, 6) is -1.04. The highest BCUT2D eigenvalue weighted by atomic mass is 16.5. The molecule has 1 saturated heterocycles. The molecule has 3 aromatic rings. The number of aromatic nitrogens is 2. The molecule has 1 atom stereocenters. The first-order valence-corrected chi connectivity index (χ1v) is 10.4. The lowest BCUT2D eigenvalue weighted by molar-refractivity contribution is -0.152. The van der Waals surface area contributed by atoms with Crippen LogP contribution in [0.5, 0.6) is 0 Å². The van der Waals surface area contributed by atoms with E-state index in [-0.39, 0.29) is 12.0 Å². The zero-order valence-corrected chi connectivity index (χ0v) is 17.7. The minimum absolute atomic E-state index is 0.164. The number of anilines is 2. The SMILES string of the molecule is C[C@H](OC(=O)Cc1n[nH]c(=O)c2ccccc12)C(=O)Nc1ccc(N2CCOCC2)cc1. The Morgan fingerprint density at radius 1 is 1.12 bits per heavy atom. The van der Waals surface area contributed by atoms with Gasteiger partial charge >= 0.3 is 5.97 Å². The number of benzene rings is 2. The molecule has 0 aliphatic carbocycles. The summed E-state index contributed by atoms with van der Waals surface area (Å²) in [6.45, 7) is 4.57. The van der Waals surface area contributed by atoms with E-state index >= 15 is 0 Å². The van der Waals surface area contributed by atoms with Crippen LogP contribution in [0.15, 0.2) is 53.3 Å². The van der Waals surface area contributed by atoms with E-state index in [2.05, 4.69) is 20.4 Å². The molecule has 0 spiro atoms. The number of nitrogens with zero attached hydrogens (tertiary/aromatic N) is 2. The number of carbonyl (C=O) groups is 2. The fourth-order valence-corrected chi connectivity index (χ4v) is 3.56. The van der Waals surface area contributed by atoms with E-state index in [1.807, 2.05) is 24.3 Å². The predicted molar refractivity (Wildman–Crippen MR) is 120 cm³/mol. The minimum atomic E-state index is -0.990. The lowest BCUT2D eigenvalue weighted by atomic mass is 10.1. The Bertz CT molecular complexity index is 1170. The molecule has 1 aliphatic heterocycles. The average Bonchev–Trinajstić information content (AvgIpc) is 2.82. The zero-order valence-electron chi connectivity index (χ0n) is 17.7. The maximum Gasteiger partial charge on any atom is 0.312 e. The Kier molecular flexibility index (Phi) is 6.46. The van der Waals surface area contributed by atoms with Crippen molar-refractivity contribution >= 4 is 34.0 Å². The van der Waals surface area contributed by atoms with Gasteiger partial charge in [0.15, 0.2) is 6.10 Å². The number of nitrogens with one attached hydrogen (secondary N) is 2. The number of amides is 1. The number of ether oxygens (including phenoxy) is 2. The second-order valence-electron chi connectivity index (χ2n) is 7.49. The topological polar surface area (TPSA) is 114 Å². The first-order chi connectivity index (χ1) is 15.5. The molecule has 2 aromatic carbocycles. The fourth-order valence-electron chi connectivity index (χ4n) is 3.56. The van der Waals surface area contributed by atoms with Crippen LogP contribution in [0.2, 0.25) is 0 Å². The van der Waals surface area contributed by atoms with Gasteiger partial charge in [-0.3, -0.25) is 14.4 Å². The molecule has 1 aromatic heterocycles. The minimum Gasteiger partial charge on any atom is -0.452 e. The van der Waals surface area contributed by atoms with Gasteiger partial charge in [-0.05, 0) is 37.3 Å². The molecule has 4 rings (SSSR count). The molecule has 1 amide bonds. The highest BCUT2D eigenvalue weighted by Crippen LogP contribution is 2.19. The molecule has 32 heavy (non-hydrogen) atoms. The summed E-state index contributed by atoms with van der Waals surface area (Å²) in [6, 6.07) is 14.4. The largest absolute Gasteiger partial charge is 0.452 e. The van der Waals surface area contributed by atoms with Gasteiger partial charge in [0, 0.05) is 29.9 Å². The van der Waals surface area contributed by atoms with Crippen molar-refractivity contribution in [3.63, 3.8) is 0 Å². The van der Waals surface area contributed by atoms with E-state index in [4.69, 9.17) is 9.47 Å². The number of fused-ring (bicyclic) bond motifs is 1. The van der Waals surface area contributed by atoms with Crippen LogP contribution in [0.1, 0.15) is 12.6 Å². The van der Waals surface area contributed by atoms with Crippen LogP contribution in [0.4, 0.5) is 11.4 Å². The Hall–Kier alpha value is -3.72. The van der Waals surface area contributed by atoms with Gasteiger partial charge in [-0.2, -0.15) is 5.10 Å². The van der Waals surface area contributed by atoms with Crippen molar-refractivity contribution in [1.29, 1.82) is 0 Å². The van der Waals surface area contributed by atoms with Crippen LogP contribution in [0, 0.1) is 0 Å². The molecule has 0 radical (unpaired) electrons. The second kappa shape index (κ2) is 9.61. The Morgan fingerprint density at radius 2 is 1.81 bits per heavy atom. The standard InChI is InChI=1S/C23H24N4O5/c1-15(22(29)24-16-6-8-17(9-7-16)27-10-12-31-13-11-27)32-21(28)14-20-18-4-2-3-5-19(18)23(30)26-25-20/h2-9,15H,10-14H2,1H3,(H,24,29)(H,26,30)/t15-/m0/s1. The summed E-state index contributed by atoms with van der Waals surface area (Å²) in [5.41, 5.74) is 1.73. The highest BCUT2D eigenvalue weighted by Gasteiger charge is 2.20. The van der Waals surface area contributed by atoms with Crippen LogP contribution >= 0.6 is 0 Å². The van der Waals surface area contributed by atoms with Gasteiger partial charge in [-0.25, -0.2) is 5.10 Å². The van der Waals surface area contributed by atoms with Crippen molar-refractivity contribution < 1.29 is 19.1 Å². The van der Waals surface area contributed by atoms with Gasteiger partial charge in [0.05, 0.1) is 30.7 Å². The maximum absolute atomic E-state index is 12.5. The van der Waals surface area contributed by atoms with Crippen LogP contribution in [0.25, 0.3) is 10.8 Å². The summed E-state index contributed by atoms with van der Waals surface area (Å²) in [7, 11) is 0. The number of hydrogen-bond donors (Lipinski definition) is 2. The summed E-state index contributed by atoms with van der Waals surface area (Å²) in [4.78, 5) is 38.9. The van der Waals surface area contributed by atoms with Gasteiger partial charge in [-0.1, -0.05) is 18.2 Å². The Morgan fingerprint density at radius 3 is 2.53 bits per heavy atom. The average molecular weight is 436 g/mol. The first kappa shape index (κ1) is 21.5. The number of morpholine rings is 1. The van der Waals surface area contributed by atoms with Crippen molar-refractivity contribution in [2.75, 3.05) is 36.5 Å². The molecule has 166 valence electrons. The summed E-state index contributed by atoms with van der Waals surface area (Å²) >= 11 is 0. The molecule has 9 nitrogen and oxygen atoms in total. The predicted octanol–water partition coefficient (Wildman–Crippen LogP) is 1.87. The maximum atomic E-state index is 12.5. The normalized spacial score (nSPS) is 14.7. The quantitative estimate of drug-likeness (QED) is 0.567. The summed E-state index contributed by atoms with van der Waals surface area (Å²) < 4.78 is 10.6. The molecule has 2 heterocycles. The second-order valence-corrected chi connectivity index (χ2v) is 7.49. The molecular weight excluding hydrogens is 412 g/mol. The monoisotopic (exact) mass is 436 g/mol. The summed E-state index contributed by atoms with van der Waals surface area (Å²) in [6.07, 6.45) is -1.15. The molecule has 1 aliphatic rings. The van der Waals surface area contributed by atoms with Crippen LogP contribution in [-0.2, 0) is 25.5 Å². The van der Waals surface area contributed by atoms with Gasteiger partial charge in [0.25, 0.3) is 11.5 Å². The number of aromatic amines is 1. The van der Waals surface area contributed by atoms with Crippen LogP contribution in [0.3, 0.4) is 0 Å². The third-order valence-electron chi connectivity index (χ3n) is 5.28. The van der Waals surface area contributed by atoms with Gasteiger partial charge in [0.1, 0.15) is 0 Å². The number of H-pyrrole nitrogens is 1. The fraction of sp³-hybridized carbons (Fsp3) is 0.304. The highest BCUT2D eigenvalue weighted by molar-refractivity contribution is 5.95. The number of hydrogen-bond acceptors (Lipinski definition) is 7. The molecule has 0 unspecified atom stereocenters. The van der Waals surface area contributed by atoms with E-state index in [0.717, 1.165) is 18.8 Å². The third kappa shape index (κ3) is 4.94. The smallest absolute Gasteiger partial charge is 0.312 e. The lowest BCUT2D eigenvalue weighted by Crippen LogP contribution is -2.36. The van der Waals surface area contributed by atoms with Crippen molar-refractivity contribution in [3.05, 3.63) is 64.6 Å². The van der Waals surface area contributed by atoms with E-state index in [1.54, 1.807) is 24.3 Å². The molecular formula is C23H24N4O5. The van der Waals surface area contributed by atoms with E-state index in [0.29, 0.717) is 35.4 Å². The van der Waals surface area contributed by atoms with Crippen LogP contribution in [-0.4, -0.2) is 54.5 Å². The zero-order chi connectivity index (χ0) is 22.5. The van der Waals surface area contributed by atoms with Crippen molar-refractivity contribution in [2.45, 2.75) is 19.4 Å². The van der Waals surface area contributed by atoms with Crippen LogP contribution < -0.4 is 15.8 Å². The molecule has 0 saturated carbocycles. The van der Waals surface area contributed by atoms with Crippen molar-refractivity contribution in [3.8, 4) is 0 Å². The summed E-state index contributed by atoms with van der Waals surface area (Å²) in [5, 5.41) is 10.1. The molecule has 0 bridgehead atoms. The third-order valence-corrected chi connectivity index (χ3v) is 5.28. The van der Waals surface area contributed by atoms with E-state index < -0.39 is 18.0 Å². The van der Waals surface area contributed by atoms with Crippen molar-refractivity contribution in [2.24, 2.45) is 0 Å². The van der Waals surface area contributed by atoms with Gasteiger partial charge in [0.2, 0.25) is 0 Å².